The molecule has 1 aliphatic rings. The van der Waals surface area contributed by atoms with Crippen molar-refractivity contribution in [2.45, 2.75) is 38.7 Å². The number of rotatable bonds is 2. The van der Waals surface area contributed by atoms with Crippen LogP contribution in [-0.2, 0) is 9.53 Å². The molecular formula is C12H23NO3. The highest BCUT2D eigenvalue weighted by Crippen LogP contribution is 2.39. The van der Waals surface area contributed by atoms with Crippen LogP contribution in [0.3, 0.4) is 0 Å². The zero-order chi connectivity index (χ0) is 12.4. The van der Waals surface area contributed by atoms with Crippen molar-refractivity contribution in [3.8, 4) is 0 Å². The number of hydrogen-bond donors (Lipinski definition) is 1. The molecule has 0 aromatic rings. The summed E-state index contributed by atoms with van der Waals surface area (Å²) in [5.41, 5.74) is -1.79. The van der Waals surface area contributed by atoms with Gasteiger partial charge in [0.25, 0.3) is 0 Å². The van der Waals surface area contributed by atoms with Gasteiger partial charge in [-0.25, -0.2) is 0 Å². The van der Waals surface area contributed by atoms with Crippen LogP contribution < -0.4 is 0 Å². The number of esters is 1. The van der Waals surface area contributed by atoms with E-state index in [-0.39, 0.29) is 5.97 Å². The van der Waals surface area contributed by atoms with E-state index in [0.717, 1.165) is 19.5 Å². The highest BCUT2D eigenvalue weighted by Gasteiger charge is 2.49. The van der Waals surface area contributed by atoms with Gasteiger partial charge < -0.3 is 14.7 Å². The van der Waals surface area contributed by atoms with E-state index in [4.69, 9.17) is 4.74 Å². The number of aliphatic hydroxyl groups is 1. The summed E-state index contributed by atoms with van der Waals surface area (Å²) in [6, 6.07) is 0. The summed E-state index contributed by atoms with van der Waals surface area (Å²) in [5, 5.41) is 10.7. The number of ether oxygens (including phenoxy) is 1. The Kier molecular flexibility index (Phi) is 3.97. The van der Waals surface area contributed by atoms with Crippen molar-refractivity contribution >= 4 is 5.97 Å². The Bertz CT molecular complexity index is 265. The highest BCUT2D eigenvalue weighted by molar-refractivity contribution is 5.77. The van der Waals surface area contributed by atoms with E-state index in [1.54, 1.807) is 13.8 Å². The minimum atomic E-state index is -0.954. The second-order valence-corrected chi connectivity index (χ2v) is 5.30. The molecule has 0 radical (unpaired) electrons. The van der Waals surface area contributed by atoms with E-state index in [1.807, 2.05) is 7.05 Å². The highest BCUT2D eigenvalue weighted by atomic mass is 16.5. The molecule has 0 aromatic carbocycles. The maximum Gasteiger partial charge on any atom is 0.314 e. The lowest BCUT2D eigenvalue weighted by atomic mass is 9.70. The second kappa shape index (κ2) is 4.72. The van der Waals surface area contributed by atoms with Crippen molar-refractivity contribution in [2.75, 3.05) is 27.2 Å². The van der Waals surface area contributed by atoms with Crippen molar-refractivity contribution in [3.05, 3.63) is 0 Å². The molecule has 0 aromatic heterocycles. The maximum absolute atomic E-state index is 11.7. The van der Waals surface area contributed by atoms with Crippen LogP contribution in [0.1, 0.15) is 33.1 Å². The van der Waals surface area contributed by atoms with Gasteiger partial charge in [-0.2, -0.15) is 0 Å². The fraction of sp³-hybridized carbons (Fsp3) is 0.917. The lowest BCUT2D eigenvalue weighted by molar-refractivity contribution is -0.170. The molecule has 4 nitrogen and oxygen atoms in total. The molecule has 1 rings (SSSR count). The molecule has 1 N–H and O–H groups in total. The van der Waals surface area contributed by atoms with Gasteiger partial charge in [-0.15, -0.1) is 0 Å². The molecular weight excluding hydrogens is 206 g/mol. The number of carbonyl (C=O) groups is 1. The number of likely N-dealkylation sites (tertiary alicyclic amines) is 1. The van der Waals surface area contributed by atoms with E-state index in [0.29, 0.717) is 12.8 Å². The molecule has 4 heteroatoms. The smallest absolute Gasteiger partial charge is 0.314 e. The monoisotopic (exact) mass is 229 g/mol. The lowest BCUT2D eigenvalue weighted by Gasteiger charge is -2.40. The van der Waals surface area contributed by atoms with E-state index < -0.39 is 11.0 Å². The Hall–Kier alpha value is -0.610. The summed E-state index contributed by atoms with van der Waals surface area (Å²) in [6.45, 7) is 5.32. The number of methoxy groups -OCH3 is 1. The molecule has 1 fully saturated rings. The van der Waals surface area contributed by atoms with Crippen molar-refractivity contribution in [3.63, 3.8) is 0 Å². The van der Waals surface area contributed by atoms with Crippen molar-refractivity contribution in [1.29, 1.82) is 0 Å². The molecule has 0 amide bonds. The normalized spacial score (nSPS) is 28.6. The van der Waals surface area contributed by atoms with E-state index in [2.05, 4.69) is 4.90 Å². The van der Waals surface area contributed by atoms with Crippen LogP contribution in [0.4, 0.5) is 0 Å². The third-order valence-electron chi connectivity index (χ3n) is 3.90. The molecule has 1 unspecified atom stereocenters. The second-order valence-electron chi connectivity index (χ2n) is 5.30. The van der Waals surface area contributed by atoms with Crippen LogP contribution in [0.2, 0.25) is 0 Å². The van der Waals surface area contributed by atoms with Gasteiger partial charge in [0.2, 0.25) is 0 Å². The van der Waals surface area contributed by atoms with Crippen LogP contribution in [0, 0.1) is 5.41 Å². The summed E-state index contributed by atoms with van der Waals surface area (Å²) >= 11 is 0. The van der Waals surface area contributed by atoms with E-state index in [9.17, 15) is 9.90 Å². The first-order valence-electron chi connectivity index (χ1n) is 5.83. The Labute approximate surface area is 97.6 Å². The number of hydrogen-bond acceptors (Lipinski definition) is 4. The van der Waals surface area contributed by atoms with Gasteiger partial charge in [-0.1, -0.05) is 0 Å². The van der Waals surface area contributed by atoms with Gasteiger partial charge in [0, 0.05) is 6.54 Å². The van der Waals surface area contributed by atoms with Gasteiger partial charge in [-0.3, -0.25) is 4.79 Å². The predicted octanol–water partition coefficient (Wildman–Crippen LogP) is 1.03. The van der Waals surface area contributed by atoms with Crippen LogP contribution in [0.15, 0.2) is 0 Å². The van der Waals surface area contributed by atoms with E-state index >= 15 is 0 Å². The minimum absolute atomic E-state index is 0.334. The molecule has 16 heavy (non-hydrogen) atoms. The van der Waals surface area contributed by atoms with Gasteiger partial charge >= 0.3 is 5.97 Å². The topological polar surface area (TPSA) is 49.8 Å². The summed E-state index contributed by atoms with van der Waals surface area (Å²) < 4.78 is 4.79. The Morgan fingerprint density at radius 2 is 2.00 bits per heavy atom. The predicted molar refractivity (Wildman–Crippen MR) is 62.1 cm³/mol. The molecule has 0 spiro atoms. The van der Waals surface area contributed by atoms with Gasteiger partial charge in [0.1, 0.15) is 0 Å². The minimum Gasteiger partial charge on any atom is -0.469 e. The summed E-state index contributed by atoms with van der Waals surface area (Å²) in [6.07, 6.45) is 2.18. The van der Waals surface area contributed by atoms with E-state index in [1.165, 1.54) is 7.11 Å². The summed E-state index contributed by atoms with van der Waals surface area (Å²) in [4.78, 5) is 13.9. The lowest BCUT2D eigenvalue weighted by Crippen LogP contribution is -2.50. The third kappa shape index (κ3) is 2.38. The first kappa shape index (κ1) is 13.5. The Morgan fingerprint density at radius 1 is 1.38 bits per heavy atom. The van der Waals surface area contributed by atoms with Crippen molar-refractivity contribution < 1.29 is 14.6 Å². The molecule has 1 saturated heterocycles. The Balaban J connectivity index is 2.86. The summed E-state index contributed by atoms with van der Waals surface area (Å²) in [7, 11) is 3.41. The average molecular weight is 229 g/mol. The van der Waals surface area contributed by atoms with Gasteiger partial charge in [0.05, 0.1) is 18.1 Å². The Morgan fingerprint density at radius 3 is 2.56 bits per heavy atom. The van der Waals surface area contributed by atoms with Crippen molar-refractivity contribution in [2.24, 2.45) is 5.41 Å². The van der Waals surface area contributed by atoms with Crippen LogP contribution >= 0.6 is 0 Å². The fourth-order valence-electron chi connectivity index (χ4n) is 2.32. The zero-order valence-electron chi connectivity index (χ0n) is 10.7. The SMILES string of the molecule is COC(=O)C(C)(C)C1(O)CCCN(C)CC1. The molecule has 1 aliphatic heterocycles. The first-order chi connectivity index (χ1) is 7.33. The average Bonchev–Trinajstić information content (AvgIpc) is 2.41. The fourth-order valence-corrected chi connectivity index (χ4v) is 2.32. The zero-order valence-corrected chi connectivity index (χ0v) is 10.7. The largest absolute Gasteiger partial charge is 0.469 e. The van der Waals surface area contributed by atoms with Gasteiger partial charge in [0.15, 0.2) is 0 Å². The summed E-state index contributed by atoms with van der Waals surface area (Å²) in [5.74, 6) is -0.334. The first-order valence-corrected chi connectivity index (χ1v) is 5.83. The third-order valence-corrected chi connectivity index (χ3v) is 3.90. The molecule has 0 bridgehead atoms. The molecule has 0 saturated carbocycles. The van der Waals surface area contributed by atoms with Gasteiger partial charge in [-0.05, 0) is 46.7 Å². The standard InChI is InChI=1S/C12H23NO3/c1-11(2,10(14)16-4)12(15)6-5-8-13(3)9-7-12/h15H,5-9H2,1-4H3. The van der Waals surface area contributed by atoms with Crippen LogP contribution in [0.25, 0.3) is 0 Å². The molecule has 0 aliphatic carbocycles. The van der Waals surface area contributed by atoms with Crippen LogP contribution in [0.5, 0.6) is 0 Å². The molecule has 1 heterocycles. The van der Waals surface area contributed by atoms with Crippen LogP contribution in [-0.4, -0.2) is 48.8 Å². The maximum atomic E-state index is 11.7. The molecule has 94 valence electrons. The number of carbonyl (C=O) groups excluding carboxylic acids is 1. The van der Waals surface area contributed by atoms with Crippen molar-refractivity contribution in [1.82, 2.24) is 4.90 Å². The quantitative estimate of drug-likeness (QED) is 0.719. The molecule has 1 atom stereocenters. The number of nitrogens with zero attached hydrogens (tertiary/aromatic N) is 1.